The van der Waals surface area contributed by atoms with Crippen molar-refractivity contribution in [2.75, 3.05) is 0 Å². The Morgan fingerprint density at radius 3 is 2.81 bits per heavy atom. The second-order valence-electron chi connectivity index (χ2n) is 3.29. The Morgan fingerprint density at radius 1 is 1.50 bits per heavy atom. The fourth-order valence-electron chi connectivity index (χ4n) is 1.33. The van der Waals surface area contributed by atoms with Gasteiger partial charge in [0.05, 0.1) is 15.3 Å². The largest absolute Gasteiger partial charge is 0.389 e. The van der Waals surface area contributed by atoms with Crippen LogP contribution in [0.3, 0.4) is 0 Å². The van der Waals surface area contributed by atoms with E-state index in [-0.39, 0.29) is 0 Å². The van der Waals surface area contributed by atoms with Gasteiger partial charge in [0.2, 0.25) is 0 Å². The van der Waals surface area contributed by atoms with Crippen LogP contribution in [0.1, 0.15) is 11.3 Å². The molecule has 0 aliphatic carbocycles. The lowest BCUT2D eigenvalue weighted by atomic mass is 10.2. The molecular formula is C10H9IN4S. The van der Waals surface area contributed by atoms with Gasteiger partial charge in [0.1, 0.15) is 4.99 Å². The third-order valence-electron chi connectivity index (χ3n) is 2.05. The van der Waals surface area contributed by atoms with Crippen molar-refractivity contribution < 1.29 is 0 Å². The predicted molar refractivity (Wildman–Crippen MR) is 74.7 cm³/mol. The van der Waals surface area contributed by atoms with Gasteiger partial charge in [0, 0.05) is 11.9 Å². The highest BCUT2D eigenvalue weighted by Crippen LogP contribution is 2.14. The van der Waals surface area contributed by atoms with Gasteiger partial charge in [-0.05, 0) is 41.6 Å². The Bertz CT molecular complexity index is 550. The smallest absolute Gasteiger partial charge is 0.163 e. The highest BCUT2D eigenvalue weighted by atomic mass is 127. The summed E-state index contributed by atoms with van der Waals surface area (Å²) in [6, 6.07) is 3.75. The van der Waals surface area contributed by atoms with Crippen LogP contribution < -0.4 is 5.73 Å². The molecule has 0 spiro atoms. The van der Waals surface area contributed by atoms with Crippen LogP contribution in [0.15, 0.2) is 24.5 Å². The zero-order valence-corrected chi connectivity index (χ0v) is 11.5. The first-order chi connectivity index (χ1) is 7.58. The first kappa shape index (κ1) is 11.5. The van der Waals surface area contributed by atoms with Gasteiger partial charge in [-0.25, -0.2) is 9.67 Å². The summed E-state index contributed by atoms with van der Waals surface area (Å²) in [7, 11) is 0. The van der Waals surface area contributed by atoms with Gasteiger partial charge in [0.15, 0.2) is 5.82 Å². The normalized spacial score (nSPS) is 10.4. The standard InChI is InChI=1S/C10H9IN4S/c1-6-2-3-8(9(12)16)10(14-6)15-5-7(11)4-13-15/h2-5H,1H3,(H2,12,16). The van der Waals surface area contributed by atoms with Crippen LogP contribution in [0.5, 0.6) is 0 Å². The zero-order valence-electron chi connectivity index (χ0n) is 8.51. The number of pyridine rings is 1. The summed E-state index contributed by atoms with van der Waals surface area (Å²) in [4.78, 5) is 4.73. The van der Waals surface area contributed by atoms with Crippen LogP contribution in [0.2, 0.25) is 0 Å². The first-order valence-corrected chi connectivity index (χ1v) is 6.04. The molecule has 0 fully saturated rings. The number of nitrogens with zero attached hydrogens (tertiary/aromatic N) is 3. The maximum atomic E-state index is 5.66. The molecular weight excluding hydrogens is 335 g/mol. The van der Waals surface area contributed by atoms with E-state index in [0.717, 1.165) is 14.8 Å². The minimum Gasteiger partial charge on any atom is -0.389 e. The summed E-state index contributed by atoms with van der Waals surface area (Å²) >= 11 is 7.18. The van der Waals surface area contributed by atoms with Crippen molar-refractivity contribution in [1.29, 1.82) is 0 Å². The second-order valence-corrected chi connectivity index (χ2v) is 4.98. The third-order valence-corrected chi connectivity index (χ3v) is 2.82. The van der Waals surface area contributed by atoms with E-state index in [9.17, 15) is 0 Å². The summed E-state index contributed by atoms with van der Waals surface area (Å²) in [6.07, 6.45) is 3.64. The first-order valence-electron chi connectivity index (χ1n) is 4.56. The van der Waals surface area contributed by atoms with Gasteiger partial charge in [-0.15, -0.1) is 0 Å². The Balaban J connectivity index is 2.62. The lowest BCUT2D eigenvalue weighted by Crippen LogP contribution is -2.15. The number of nitrogens with two attached hydrogens (primary N) is 1. The number of aromatic nitrogens is 3. The fourth-order valence-corrected chi connectivity index (χ4v) is 1.87. The molecule has 2 N–H and O–H groups in total. The van der Waals surface area contributed by atoms with Gasteiger partial charge in [-0.3, -0.25) is 0 Å². The lowest BCUT2D eigenvalue weighted by molar-refractivity contribution is 0.838. The van der Waals surface area contributed by atoms with Crippen LogP contribution >= 0.6 is 34.8 Å². The third kappa shape index (κ3) is 2.22. The molecule has 2 heterocycles. The maximum Gasteiger partial charge on any atom is 0.163 e. The summed E-state index contributed by atoms with van der Waals surface area (Å²) in [5.74, 6) is 0.676. The van der Waals surface area contributed by atoms with Crippen molar-refractivity contribution in [2.24, 2.45) is 5.73 Å². The van der Waals surface area contributed by atoms with Crippen molar-refractivity contribution in [3.63, 3.8) is 0 Å². The average molecular weight is 344 g/mol. The van der Waals surface area contributed by atoms with Crippen molar-refractivity contribution in [1.82, 2.24) is 14.8 Å². The highest BCUT2D eigenvalue weighted by molar-refractivity contribution is 14.1. The van der Waals surface area contributed by atoms with Gasteiger partial charge in [-0.1, -0.05) is 12.2 Å². The predicted octanol–water partition coefficient (Wildman–Crippen LogP) is 1.81. The number of aryl methyl sites for hydroxylation is 1. The molecule has 0 bridgehead atoms. The van der Waals surface area contributed by atoms with Crippen molar-refractivity contribution >= 4 is 39.8 Å². The molecule has 16 heavy (non-hydrogen) atoms. The number of hydrogen-bond donors (Lipinski definition) is 1. The molecule has 0 aromatic carbocycles. The van der Waals surface area contributed by atoms with Gasteiger partial charge < -0.3 is 5.73 Å². The molecule has 4 nitrogen and oxygen atoms in total. The Kier molecular flexibility index (Phi) is 3.20. The Morgan fingerprint density at radius 2 is 2.25 bits per heavy atom. The Hall–Kier alpha value is -1.02. The van der Waals surface area contributed by atoms with Crippen molar-refractivity contribution in [2.45, 2.75) is 6.92 Å². The van der Waals surface area contributed by atoms with Gasteiger partial charge >= 0.3 is 0 Å². The van der Waals surface area contributed by atoms with E-state index in [1.807, 2.05) is 25.3 Å². The van der Waals surface area contributed by atoms with E-state index >= 15 is 0 Å². The van der Waals surface area contributed by atoms with E-state index in [0.29, 0.717) is 10.8 Å². The molecule has 0 aliphatic heterocycles. The SMILES string of the molecule is Cc1ccc(C(N)=S)c(-n2cc(I)cn2)n1. The molecule has 0 atom stereocenters. The van der Waals surface area contributed by atoms with E-state index in [1.165, 1.54) is 0 Å². The van der Waals surface area contributed by atoms with Gasteiger partial charge in [-0.2, -0.15) is 5.10 Å². The van der Waals surface area contributed by atoms with Crippen LogP contribution in [0.4, 0.5) is 0 Å². The van der Waals surface area contributed by atoms with Crippen LogP contribution in [0.25, 0.3) is 5.82 Å². The molecule has 2 aromatic rings. The quantitative estimate of drug-likeness (QED) is 0.667. The number of hydrogen-bond acceptors (Lipinski definition) is 3. The van der Waals surface area contributed by atoms with Crippen molar-refractivity contribution in [3.05, 3.63) is 39.4 Å². The highest BCUT2D eigenvalue weighted by Gasteiger charge is 2.10. The number of rotatable bonds is 2. The van der Waals surface area contributed by atoms with E-state index in [2.05, 4.69) is 32.7 Å². The van der Waals surface area contributed by atoms with Crippen LogP contribution in [-0.2, 0) is 0 Å². The van der Waals surface area contributed by atoms with Gasteiger partial charge in [0.25, 0.3) is 0 Å². The van der Waals surface area contributed by atoms with Crippen LogP contribution in [0, 0.1) is 10.5 Å². The molecule has 6 heteroatoms. The summed E-state index contributed by atoms with van der Waals surface area (Å²) in [5.41, 5.74) is 7.30. The average Bonchev–Trinajstić information content (AvgIpc) is 2.64. The monoisotopic (exact) mass is 344 g/mol. The molecule has 0 saturated heterocycles. The molecule has 0 saturated carbocycles. The molecule has 2 rings (SSSR count). The molecule has 0 unspecified atom stereocenters. The zero-order chi connectivity index (χ0) is 11.7. The summed E-state index contributed by atoms with van der Waals surface area (Å²) < 4.78 is 2.72. The molecule has 0 amide bonds. The minimum atomic E-state index is 0.327. The fraction of sp³-hybridized carbons (Fsp3) is 0.100. The molecule has 82 valence electrons. The second kappa shape index (κ2) is 4.46. The maximum absolute atomic E-state index is 5.66. The van der Waals surface area contributed by atoms with E-state index in [4.69, 9.17) is 18.0 Å². The number of halogens is 1. The topological polar surface area (TPSA) is 56.7 Å². The molecule has 0 aliphatic rings. The Labute approximate surface area is 112 Å². The summed E-state index contributed by atoms with van der Waals surface area (Å²) in [6.45, 7) is 1.92. The van der Waals surface area contributed by atoms with E-state index < -0.39 is 0 Å². The summed E-state index contributed by atoms with van der Waals surface area (Å²) in [5, 5.41) is 4.20. The lowest BCUT2D eigenvalue weighted by Gasteiger charge is -2.07. The minimum absolute atomic E-state index is 0.327. The van der Waals surface area contributed by atoms with E-state index in [1.54, 1.807) is 10.9 Å². The van der Waals surface area contributed by atoms with Crippen LogP contribution in [-0.4, -0.2) is 19.8 Å². The molecule has 2 aromatic heterocycles. The van der Waals surface area contributed by atoms with Crippen molar-refractivity contribution in [3.8, 4) is 5.82 Å². The number of thiocarbonyl (C=S) groups is 1. The molecule has 0 radical (unpaired) electrons.